The number of carbonyl (C=O) groups excluding carboxylic acids is 1. The van der Waals surface area contributed by atoms with E-state index in [-0.39, 0.29) is 5.91 Å². The molecule has 1 saturated heterocycles. The van der Waals surface area contributed by atoms with Gasteiger partial charge in [0.2, 0.25) is 5.91 Å². The fourth-order valence-electron chi connectivity index (χ4n) is 4.03. The number of likely N-dealkylation sites (tertiary alicyclic amines) is 1. The van der Waals surface area contributed by atoms with E-state index in [0.29, 0.717) is 29.6 Å². The molecule has 2 aromatic rings. The lowest BCUT2D eigenvalue weighted by Gasteiger charge is -2.29. The molecule has 1 aromatic carbocycles. The Morgan fingerprint density at radius 2 is 2.22 bits per heavy atom. The summed E-state index contributed by atoms with van der Waals surface area (Å²) in [5.74, 6) is 1.27. The Morgan fingerprint density at radius 1 is 1.35 bits per heavy atom. The summed E-state index contributed by atoms with van der Waals surface area (Å²) < 4.78 is 1.10. The molecule has 5 nitrogen and oxygen atoms in total. The highest BCUT2D eigenvalue weighted by Gasteiger charge is 2.39. The maximum atomic E-state index is 12.3. The zero-order valence-corrected chi connectivity index (χ0v) is 13.9. The lowest BCUT2D eigenvalue weighted by atomic mass is 9.78. The summed E-state index contributed by atoms with van der Waals surface area (Å²) in [5, 5.41) is 3.63. The average Bonchev–Trinajstić information content (AvgIpc) is 3.10. The van der Waals surface area contributed by atoms with Gasteiger partial charge in [-0.1, -0.05) is 29.9 Å². The van der Waals surface area contributed by atoms with Crippen molar-refractivity contribution in [2.75, 3.05) is 25.0 Å². The topological polar surface area (TPSA) is 71.2 Å². The molecule has 2 fully saturated rings. The number of benzene rings is 1. The van der Waals surface area contributed by atoms with Gasteiger partial charge in [0, 0.05) is 19.1 Å². The zero-order valence-electron chi connectivity index (χ0n) is 13.1. The number of hydrogen-bond donors (Lipinski definition) is 2. The second kappa shape index (κ2) is 6.19. The van der Waals surface area contributed by atoms with Crippen molar-refractivity contribution >= 4 is 32.6 Å². The van der Waals surface area contributed by atoms with Gasteiger partial charge < -0.3 is 11.1 Å². The molecule has 3 atom stereocenters. The number of anilines is 1. The average molecular weight is 330 g/mol. The van der Waals surface area contributed by atoms with Crippen molar-refractivity contribution in [1.29, 1.82) is 0 Å². The number of carbonyl (C=O) groups is 1. The Labute approximate surface area is 139 Å². The van der Waals surface area contributed by atoms with Crippen LogP contribution in [0.2, 0.25) is 0 Å². The van der Waals surface area contributed by atoms with Crippen molar-refractivity contribution in [3.8, 4) is 0 Å². The molecule has 1 saturated carbocycles. The van der Waals surface area contributed by atoms with E-state index in [1.54, 1.807) is 0 Å². The third kappa shape index (κ3) is 3.11. The summed E-state index contributed by atoms with van der Waals surface area (Å²) in [6.07, 6.45) is 3.62. The van der Waals surface area contributed by atoms with E-state index in [4.69, 9.17) is 5.73 Å². The quantitative estimate of drug-likeness (QED) is 0.906. The van der Waals surface area contributed by atoms with E-state index in [0.717, 1.165) is 29.7 Å². The zero-order chi connectivity index (χ0) is 15.8. The Kier molecular flexibility index (Phi) is 4.05. The summed E-state index contributed by atoms with van der Waals surface area (Å²) in [4.78, 5) is 19.0. The van der Waals surface area contributed by atoms with Gasteiger partial charge in [-0.15, -0.1) is 0 Å². The van der Waals surface area contributed by atoms with Gasteiger partial charge in [-0.05, 0) is 36.8 Å². The molecule has 0 radical (unpaired) electrons. The maximum Gasteiger partial charge on any atom is 0.240 e. The SMILES string of the molecule is NC1CCCC2CN(CC(=O)Nc3nc4ccccc4s3)CC12. The monoisotopic (exact) mass is 330 g/mol. The van der Waals surface area contributed by atoms with Crippen LogP contribution in [0.5, 0.6) is 0 Å². The third-order valence-electron chi connectivity index (χ3n) is 5.14. The minimum atomic E-state index is 0.0243. The first-order valence-electron chi connectivity index (χ1n) is 8.32. The number of para-hydroxylation sites is 1. The van der Waals surface area contributed by atoms with E-state index < -0.39 is 0 Å². The predicted octanol–water partition coefficient (Wildman–Crippen LogP) is 2.29. The van der Waals surface area contributed by atoms with E-state index >= 15 is 0 Å². The van der Waals surface area contributed by atoms with Crippen LogP contribution in [0, 0.1) is 11.8 Å². The van der Waals surface area contributed by atoms with Crippen LogP contribution in [0.25, 0.3) is 10.2 Å². The number of nitrogens with one attached hydrogen (secondary N) is 1. The third-order valence-corrected chi connectivity index (χ3v) is 6.09. The van der Waals surface area contributed by atoms with Crippen LogP contribution in [0.4, 0.5) is 5.13 Å². The molecule has 1 aliphatic heterocycles. The molecule has 23 heavy (non-hydrogen) atoms. The van der Waals surface area contributed by atoms with Crippen LogP contribution in [0.3, 0.4) is 0 Å². The second-order valence-electron chi connectivity index (χ2n) is 6.75. The molecule has 3 unspecified atom stereocenters. The summed E-state index contributed by atoms with van der Waals surface area (Å²) in [6, 6.07) is 8.25. The number of nitrogens with two attached hydrogens (primary N) is 1. The molecule has 1 aliphatic carbocycles. The van der Waals surface area contributed by atoms with Gasteiger partial charge in [-0.3, -0.25) is 9.69 Å². The Hall–Kier alpha value is -1.50. The molecule has 2 aliphatic rings. The second-order valence-corrected chi connectivity index (χ2v) is 7.78. The fourth-order valence-corrected chi connectivity index (χ4v) is 4.91. The first kappa shape index (κ1) is 15.1. The van der Waals surface area contributed by atoms with Crippen molar-refractivity contribution in [3.05, 3.63) is 24.3 Å². The smallest absolute Gasteiger partial charge is 0.240 e. The molecule has 2 heterocycles. The molecule has 1 aromatic heterocycles. The van der Waals surface area contributed by atoms with Gasteiger partial charge in [-0.25, -0.2) is 4.98 Å². The van der Waals surface area contributed by atoms with Crippen molar-refractivity contribution < 1.29 is 4.79 Å². The van der Waals surface area contributed by atoms with Crippen molar-refractivity contribution in [2.45, 2.75) is 25.3 Å². The number of amides is 1. The van der Waals surface area contributed by atoms with Gasteiger partial charge in [0.05, 0.1) is 16.8 Å². The van der Waals surface area contributed by atoms with Crippen molar-refractivity contribution in [2.24, 2.45) is 17.6 Å². The lowest BCUT2D eigenvalue weighted by Crippen LogP contribution is -2.38. The number of aromatic nitrogens is 1. The molecule has 3 N–H and O–H groups in total. The maximum absolute atomic E-state index is 12.3. The Balaban J connectivity index is 1.37. The van der Waals surface area contributed by atoms with Gasteiger partial charge in [0.15, 0.2) is 5.13 Å². The molecule has 4 rings (SSSR count). The van der Waals surface area contributed by atoms with Crippen molar-refractivity contribution in [1.82, 2.24) is 9.88 Å². The lowest BCUT2D eigenvalue weighted by molar-refractivity contribution is -0.117. The van der Waals surface area contributed by atoms with Crippen LogP contribution in [0.15, 0.2) is 24.3 Å². The number of hydrogen-bond acceptors (Lipinski definition) is 5. The highest BCUT2D eigenvalue weighted by Crippen LogP contribution is 2.35. The van der Waals surface area contributed by atoms with Crippen LogP contribution in [-0.2, 0) is 4.79 Å². The normalized spacial score (nSPS) is 28.0. The largest absolute Gasteiger partial charge is 0.327 e. The van der Waals surface area contributed by atoms with Gasteiger partial charge in [0.25, 0.3) is 0 Å². The first-order chi connectivity index (χ1) is 11.2. The van der Waals surface area contributed by atoms with Crippen molar-refractivity contribution in [3.63, 3.8) is 0 Å². The molecule has 122 valence electrons. The van der Waals surface area contributed by atoms with Gasteiger partial charge in [0.1, 0.15) is 0 Å². The summed E-state index contributed by atoms with van der Waals surface area (Å²) >= 11 is 1.52. The molecule has 0 bridgehead atoms. The molecule has 6 heteroatoms. The predicted molar refractivity (Wildman–Crippen MR) is 93.5 cm³/mol. The number of rotatable bonds is 3. The highest BCUT2D eigenvalue weighted by atomic mass is 32.1. The van der Waals surface area contributed by atoms with Crippen LogP contribution >= 0.6 is 11.3 Å². The summed E-state index contributed by atoms with van der Waals surface area (Å²) in [6.45, 7) is 2.40. The summed E-state index contributed by atoms with van der Waals surface area (Å²) in [5.41, 5.74) is 7.18. The first-order valence-corrected chi connectivity index (χ1v) is 9.14. The van der Waals surface area contributed by atoms with Crippen LogP contribution < -0.4 is 11.1 Å². The van der Waals surface area contributed by atoms with E-state index in [2.05, 4.69) is 15.2 Å². The minimum absolute atomic E-state index is 0.0243. The fraction of sp³-hybridized carbons (Fsp3) is 0.529. The van der Waals surface area contributed by atoms with E-state index in [1.807, 2.05) is 24.3 Å². The number of thiazole rings is 1. The van der Waals surface area contributed by atoms with E-state index in [9.17, 15) is 4.79 Å². The summed E-state index contributed by atoms with van der Waals surface area (Å²) in [7, 11) is 0. The highest BCUT2D eigenvalue weighted by molar-refractivity contribution is 7.22. The number of nitrogens with zero attached hydrogens (tertiary/aromatic N) is 2. The molecular weight excluding hydrogens is 308 g/mol. The minimum Gasteiger partial charge on any atom is -0.327 e. The Bertz CT molecular complexity index is 682. The number of fused-ring (bicyclic) bond motifs is 2. The van der Waals surface area contributed by atoms with Crippen LogP contribution in [-0.4, -0.2) is 41.5 Å². The van der Waals surface area contributed by atoms with Gasteiger partial charge >= 0.3 is 0 Å². The molecule has 0 spiro atoms. The standard InChI is InChI=1S/C17H22N4OS/c18-13-5-3-4-11-8-21(9-12(11)13)10-16(22)20-17-19-14-6-1-2-7-15(14)23-17/h1-2,6-7,11-13H,3-5,8-10,18H2,(H,19,20,22). The molecule has 1 amide bonds. The molecular formula is C17H22N4OS. The van der Waals surface area contributed by atoms with Crippen LogP contribution in [0.1, 0.15) is 19.3 Å². The van der Waals surface area contributed by atoms with E-state index in [1.165, 1.54) is 24.2 Å². The Morgan fingerprint density at radius 3 is 3.04 bits per heavy atom. The van der Waals surface area contributed by atoms with Gasteiger partial charge in [-0.2, -0.15) is 0 Å².